The normalized spacial score (nSPS) is 13.9. The molecule has 0 aromatic heterocycles. The average Bonchev–Trinajstić information content (AvgIpc) is 2.73. The van der Waals surface area contributed by atoms with E-state index >= 15 is 0 Å². The Bertz CT molecular complexity index is 805. The number of hydrogen-bond donors (Lipinski definition) is 1. The number of methoxy groups -OCH3 is 2. The van der Waals surface area contributed by atoms with E-state index < -0.39 is 0 Å². The van der Waals surface area contributed by atoms with E-state index in [0.717, 1.165) is 47.7 Å². The third-order valence-electron chi connectivity index (χ3n) is 4.70. The average molecular weight is 449 g/mol. The first kappa shape index (κ1) is 20.5. The van der Waals surface area contributed by atoms with Gasteiger partial charge < -0.3 is 24.4 Å². The number of hydrogen-bond acceptors (Lipinski definition) is 5. The van der Waals surface area contributed by atoms with E-state index in [9.17, 15) is 4.79 Å². The van der Waals surface area contributed by atoms with Crippen LogP contribution in [0.4, 0.5) is 11.4 Å². The van der Waals surface area contributed by atoms with Gasteiger partial charge in [0.25, 0.3) is 0 Å². The highest BCUT2D eigenvalue weighted by Gasteiger charge is 2.13. The molecular weight excluding hydrogens is 424 g/mol. The summed E-state index contributed by atoms with van der Waals surface area (Å²) >= 11 is 3.53. The summed E-state index contributed by atoms with van der Waals surface area (Å²) in [6.07, 6.45) is 0.970. The number of nitrogens with zero attached hydrogens (tertiary/aromatic N) is 1. The van der Waals surface area contributed by atoms with E-state index in [1.807, 2.05) is 36.4 Å². The predicted octanol–water partition coefficient (Wildman–Crippen LogP) is 3.87. The number of amides is 1. The number of carbonyl (C=O) groups excluding carboxylic acids is 1. The van der Waals surface area contributed by atoms with Crippen molar-refractivity contribution in [1.82, 2.24) is 0 Å². The second kappa shape index (κ2) is 9.80. The first-order valence-corrected chi connectivity index (χ1v) is 10.0. The zero-order valence-electron chi connectivity index (χ0n) is 16.2. The highest BCUT2D eigenvalue weighted by Crippen LogP contribution is 2.33. The molecule has 0 spiro atoms. The number of benzene rings is 2. The molecule has 1 aliphatic rings. The summed E-state index contributed by atoms with van der Waals surface area (Å²) in [7, 11) is 3.20. The molecule has 1 heterocycles. The monoisotopic (exact) mass is 448 g/mol. The Hall–Kier alpha value is -2.25. The number of rotatable bonds is 7. The summed E-state index contributed by atoms with van der Waals surface area (Å²) in [5.74, 6) is 1.28. The highest BCUT2D eigenvalue weighted by atomic mass is 79.9. The molecule has 1 saturated heterocycles. The molecule has 7 heteroatoms. The van der Waals surface area contributed by atoms with Crippen LogP contribution in [0, 0.1) is 0 Å². The van der Waals surface area contributed by atoms with Crippen LogP contribution in [0.15, 0.2) is 40.9 Å². The summed E-state index contributed by atoms with van der Waals surface area (Å²) in [6, 6.07) is 11.7. The predicted molar refractivity (Wildman–Crippen MR) is 114 cm³/mol. The van der Waals surface area contributed by atoms with Crippen LogP contribution in [0.2, 0.25) is 0 Å². The molecule has 0 atom stereocenters. The zero-order valence-corrected chi connectivity index (χ0v) is 17.8. The second-order valence-electron chi connectivity index (χ2n) is 6.49. The fourth-order valence-electron chi connectivity index (χ4n) is 3.14. The summed E-state index contributed by atoms with van der Waals surface area (Å²) in [5.41, 5.74) is 2.94. The first-order valence-electron chi connectivity index (χ1n) is 9.23. The van der Waals surface area contributed by atoms with Crippen LogP contribution in [-0.2, 0) is 16.0 Å². The van der Waals surface area contributed by atoms with Crippen molar-refractivity contribution in [2.24, 2.45) is 0 Å². The zero-order chi connectivity index (χ0) is 19.9. The summed E-state index contributed by atoms with van der Waals surface area (Å²) in [6.45, 7) is 3.30. The fraction of sp³-hybridized carbons (Fsp3) is 0.381. The van der Waals surface area contributed by atoms with Gasteiger partial charge in [-0.1, -0.05) is 15.9 Å². The highest BCUT2D eigenvalue weighted by molar-refractivity contribution is 9.10. The van der Waals surface area contributed by atoms with Gasteiger partial charge in [-0.25, -0.2) is 0 Å². The van der Waals surface area contributed by atoms with Crippen LogP contribution in [0.1, 0.15) is 12.0 Å². The quantitative estimate of drug-likeness (QED) is 0.696. The lowest BCUT2D eigenvalue weighted by atomic mass is 10.1. The molecule has 1 aliphatic heterocycles. The number of anilines is 2. The van der Waals surface area contributed by atoms with Crippen molar-refractivity contribution < 1.29 is 19.0 Å². The molecule has 0 bridgehead atoms. The Labute approximate surface area is 173 Å². The Morgan fingerprint density at radius 1 is 1.11 bits per heavy atom. The maximum atomic E-state index is 12.4. The third-order valence-corrected chi connectivity index (χ3v) is 5.44. The lowest BCUT2D eigenvalue weighted by Crippen LogP contribution is -2.36. The summed E-state index contributed by atoms with van der Waals surface area (Å²) in [4.78, 5) is 14.6. The minimum atomic E-state index is -0.0270. The molecule has 150 valence electrons. The van der Waals surface area contributed by atoms with Crippen molar-refractivity contribution in [3.8, 4) is 11.5 Å². The number of aryl methyl sites for hydroxylation is 1. The number of morpholine rings is 1. The van der Waals surface area contributed by atoms with E-state index in [2.05, 4.69) is 26.1 Å². The van der Waals surface area contributed by atoms with Gasteiger partial charge in [-0.3, -0.25) is 4.79 Å². The van der Waals surface area contributed by atoms with Gasteiger partial charge in [-0.05, 0) is 48.4 Å². The van der Waals surface area contributed by atoms with E-state index in [4.69, 9.17) is 14.2 Å². The van der Waals surface area contributed by atoms with Crippen molar-refractivity contribution in [2.45, 2.75) is 12.8 Å². The molecular formula is C21H25BrN2O4. The van der Waals surface area contributed by atoms with Gasteiger partial charge >= 0.3 is 0 Å². The van der Waals surface area contributed by atoms with Crippen LogP contribution in [0.25, 0.3) is 0 Å². The van der Waals surface area contributed by atoms with Crippen LogP contribution < -0.4 is 19.7 Å². The van der Waals surface area contributed by atoms with Crippen LogP contribution in [0.3, 0.4) is 0 Å². The van der Waals surface area contributed by atoms with Crippen LogP contribution in [0.5, 0.6) is 11.5 Å². The fourth-order valence-corrected chi connectivity index (χ4v) is 3.66. The number of nitrogens with one attached hydrogen (secondary N) is 1. The van der Waals surface area contributed by atoms with E-state index in [0.29, 0.717) is 24.3 Å². The van der Waals surface area contributed by atoms with Crippen molar-refractivity contribution >= 4 is 33.2 Å². The molecule has 0 saturated carbocycles. The number of ether oxygens (including phenoxy) is 3. The molecule has 2 aromatic rings. The van der Waals surface area contributed by atoms with E-state index in [-0.39, 0.29) is 5.91 Å². The summed E-state index contributed by atoms with van der Waals surface area (Å²) in [5, 5.41) is 2.96. The molecule has 1 amide bonds. The SMILES string of the molecule is COc1cc(Br)c(CCC(=O)Nc2ccc(N3CCOCC3)cc2)cc1OC. The molecule has 1 N–H and O–H groups in total. The van der Waals surface area contributed by atoms with Gasteiger partial charge in [-0.15, -0.1) is 0 Å². The lowest BCUT2D eigenvalue weighted by Gasteiger charge is -2.28. The first-order chi connectivity index (χ1) is 13.6. The van der Waals surface area contributed by atoms with Crippen molar-refractivity contribution in [2.75, 3.05) is 50.7 Å². The molecule has 2 aromatic carbocycles. The van der Waals surface area contributed by atoms with Gasteiger partial charge in [0, 0.05) is 35.4 Å². The Balaban J connectivity index is 1.55. The third kappa shape index (κ3) is 5.17. The molecule has 0 unspecified atom stereocenters. The maximum Gasteiger partial charge on any atom is 0.224 e. The van der Waals surface area contributed by atoms with Crippen molar-refractivity contribution in [3.05, 3.63) is 46.4 Å². The minimum absolute atomic E-state index is 0.0270. The standard InChI is InChI=1S/C21H25BrN2O4/c1-26-19-13-15(18(22)14-20(19)27-2)3-8-21(25)23-16-4-6-17(7-5-16)24-9-11-28-12-10-24/h4-7,13-14H,3,8-12H2,1-2H3,(H,23,25). The van der Waals surface area contributed by atoms with E-state index in [1.165, 1.54) is 0 Å². The molecule has 6 nitrogen and oxygen atoms in total. The smallest absolute Gasteiger partial charge is 0.224 e. The maximum absolute atomic E-state index is 12.4. The molecule has 0 aliphatic carbocycles. The lowest BCUT2D eigenvalue weighted by molar-refractivity contribution is -0.116. The molecule has 1 fully saturated rings. The Morgan fingerprint density at radius 2 is 1.75 bits per heavy atom. The molecule has 28 heavy (non-hydrogen) atoms. The molecule has 3 rings (SSSR count). The minimum Gasteiger partial charge on any atom is -0.493 e. The van der Waals surface area contributed by atoms with Crippen molar-refractivity contribution in [1.29, 1.82) is 0 Å². The van der Waals surface area contributed by atoms with E-state index in [1.54, 1.807) is 14.2 Å². The van der Waals surface area contributed by atoms with Crippen molar-refractivity contribution in [3.63, 3.8) is 0 Å². The number of carbonyl (C=O) groups is 1. The van der Waals surface area contributed by atoms with Gasteiger partial charge in [0.05, 0.1) is 27.4 Å². The van der Waals surface area contributed by atoms with Crippen LogP contribution >= 0.6 is 15.9 Å². The van der Waals surface area contributed by atoms with Gasteiger partial charge in [-0.2, -0.15) is 0 Å². The number of halogens is 1. The largest absolute Gasteiger partial charge is 0.493 e. The second-order valence-corrected chi connectivity index (χ2v) is 7.35. The molecule has 0 radical (unpaired) electrons. The van der Waals surface area contributed by atoms with Gasteiger partial charge in [0.1, 0.15) is 0 Å². The Morgan fingerprint density at radius 3 is 2.39 bits per heavy atom. The van der Waals surface area contributed by atoms with Gasteiger partial charge in [0.15, 0.2) is 11.5 Å². The van der Waals surface area contributed by atoms with Crippen LogP contribution in [-0.4, -0.2) is 46.4 Å². The summed E-state index contributed by atoms with van der Waals surface area (Å²) < 4.78 is 16.9. The Kier molecular flexibility index (Phi) is 7.17. The van der Waals surface area contributed by atoms with Gasteiger partial charge in [0.2, 0.25) is 5.91 Å². The topological polar surface area (TPSA) is 60.0 Å².